The number of benzene rings is 1. The summed E-state index contributed by atoms with van der Waals surface area (Å²) in [4.78, 5) is 22.0. The molecular weight excluding hydrogens is 260 g/mol. The van der Waals surface area contributed by atoms with Crippen molar-refractivity contribution in [3.63, 3.8) is 0 Å². The molecule has 0 bridgehead atoms. The van der Waals surface area contributed by atoms with Crippen molar-refractivity contribution in [1.29, 1.82) is 0 Å². The van der Waals surface area contributed by atoms with E-state index in [0.717, 1.165) is 11.8 Å². The summed E-state index contributed by atoms with van der Waals surface area (Å²) in [6.45, 7) is 1.86. The highest BCUT2D eigenvalue weighted by atomic mass is 79.9. The maximum Gasteiger partial charge on any atom is 0.310 e. The van der Waals surface area contributed by atoms with Gasteiger partial charge in [-0.2, -0.15) is 0 Å². The van der Waals surface area contributed by atoms with Crippen LogP contribution in [-0.4, -0.2) is 19.4 Å². The molecule has 0 spiro atoms. The van der Waals surface area contributed by atoms with E-state index in [9.17, 15) is 9.59 Å². The number of ether oxygens (including phenoxy) is 1. The molecule has 0 radical (unpaired) electrons. The van der Waals surface area contributed by atoms with Crippen LogP contribution >= 0.6 is 15.9 Å². The van der Waals surface area contributed by atoms with Gasteiger partial charge in [0.2, 0.25) is 0 Å². The second-order valence-corrected chi connectivity index (χ2v) is 3.98. The van der Waals surface area contributed by atoms with E-state index in [4.69, 9.17) is 0 Å². The number of carbonyl (C=O) groups is 2. The van der Waals surface area contributed by atoms with Crippen LogP contribution in [0.4, 0.5) is 0 Å². The van der Waals surface area contributed by atoms with Crippen LogP contribution in [0, 0.1) is 6.92 Å². The first-order valence-electron chi connectivity index (χ1n) is 4.40. The molecule has 1 aromatic carbocycles. The number of hydrogen-bond acceptors (Lipinski definition) is 3. The SMILES string of the molecule is COC(=O)Cc1c(C)ccc(Br)c1C=O. The predicted octanol–water partition coefficient (Wildman–Crippen LogP) is 2.29. The smallest absolute Gasteiger partial charge is 0.310 e. The van der Waals surface area contributed by atoms with E-state index in [2.05, 4.69) is 20.7 Å². The normalized spacial score (nSPS) is 9.80. The quantitative estimate of drug-likeness (QED) is 0.625. The maximum atomic E-state index is 11.2. The van der Waals surface area contributed by atoms with Crippen LogP contribution in [0.15, 0.2) is 16.6 Å². The molecule has 0 aliphatic heterocycles. The summed E-state index contributed by atoms with van der Waals surface area (Å²) in [7, 11) is 1.33. The van der Waals surface area contributed by atoms with Crippen LogP contribution < -0.4 is 0 Å². The molecule has 0 aliphatic rings. The Bertz CT molecular complexity index is 399. The Kier molecular flexibility index (Phi) is 4.03. The van der Waals surface area contributed by atoms with Gasteiger partial charge in [-0.05, 0) is 24.1 Å². The Hall–Kier alpha value is -1.16. The van der Waals surface area contributed by atoms with Gasteiger partial charge in [-0.1, -0.05) is 22.0 Å². The standard InChI is InChI=1S/C11H11BrO3/c1-7-3-4-10(12)9(6-13)8(7)5-11(14)15-2/h3-4,6H,5H2,1-2H3. The van der Waals surface area contributed by atoms with Crippen molar-refractivity contribution in [1.82, 2.24) is 0 Å². The van der Waals surface area contributed by atoms with Crippen molar-refractivity contribution in [3.8, 4) is 0 Å². The van der Waals surface area contributed by atoms with Gasteiger partial charge >= 0.3 is 5.97 Å². The number of methoxy groups -OCH3 is 1. The van der Waals surface area contributed by atoms with Gasteiger partial charge in [-0.25, -0.2) is 0 Å². The Morgan fingerprint density at radius 2 is 2.20 bits per heavy atom. The van der Waals surface area contributed by atoms with Gasteiger partial charge in [-0.3, -0.25) is 9.59 Å². The zero-order chi connectivity index (χ0) is 11.4. The van der Waals surface area contributed by atoms with Gasteiger partial charge in [0.1, 0.15) is 0 Å². The Morgan fingerprint density at radius 1 is 1.53 bits per heavy atom. The third kappa shape index (κ3) is 2.65. The summed E-state index contributed by atoms with van der Waals surface area (Å²) in [6.07, 6.45) is 0.866. The lowest BCUT2D eigenvalue weighted by Crippen LogP contribution is -2.08. The first-order chi connectivity index (χ1) is 7.10. The van der Waals surface area contributed by atoms with Crippen LogP contribution in [0.3, 0.4) is 0 Å². The third-order valence-corrected chi connectivity index (χ3v) is 2.90. The minimum Gasteiger partial charge on any atom is -0.469 e. The number of carbonyl (C=O) groups excluding carboxylic acids is 2. The van der Waals surface area contributed by atoms with Gasteiger partial charge < -0.3 is 4.74 Å². The molecule has 1 aromatic rings. The van der Waals surface area contributed by atoms with Crippen LogP contribution in [-0.2, 0) is 16.0 Å². The highest BCUT2D eigenvalue weighted by Gasteiger charge is 2.13. The summed E-state index contributed by atoms with van der Waals surface area (Å²) >= 11 is 3.27. The van der Waals surface area contributed by atoms with Gasteiger partial charge in [0.25, 0.3) is 0 Å². The van der Waals surface area contributed by atoms with Gasteiger partial charge in [0.15, 0.2) is 6.29 Å². The summed E-state index contributed by atoms with van der Waals surface area (Å²) in [5.74, 6) is -0.348. The molecule has 0 saturated carbocycles. The van der Waals surface area contributed by atoms with Crippen molar-refractivity contribution >= 4 is 28.2 Å². The number of esters is 1. The number of aldehydes is 1. The predicted molar refractivity (Wildman–Crippen MR) is 60.0 cm³/mol. The van der Waals surface area contributed by atoms with Gasteiger partial charge in [-0.15, -0.1) is 0 Å². The van der Waals surface area contributed by atoms with E-state index in [0.29, 0.717) is 15.6 Å². The molecule has 15 heavy (non-hydrogen) atoms. The summed E-state index contributed by atoms with van der Waals surface area (Å²) in [5, 5.41) is 0. The molecule has 0 saturated heterocycles. The lowest BCUT2D eigenvalue weighted by atomic mass is 10.00. The van der Waals surface area contributed by atoms with E-state index >= 15 is 0 Å². The Balaban J connectivity index is 3.19. The topological polar surface area (TPSA) is 43.4 Å². The van der Waals surface area contributed by atoms with E-state index in [-0.39, 0.29) is 12.4 Å². The van der Waals surface area contributed by atoms with E-state index in [1.54, 1.807) is 6.07 Å². The summed E-state index contributed by atoms with van der Waals surface area (Å²) < 4.78 is 5.27. The summed E-state index contributed by atoms with van der Waals surface area (Å²) in [5.41, 5.74) is 2.14. The largest absolute Gasteiger partial charge is 0.469 e. The van der Waals surface area contributed by atoms with Crippen LogP contribution in [0.25, 0.3) is 0 Å². The molecular formula is C11H11BrO3. The van der Waals surface area contributed by atoms with Crippen molar-refractivity contribution in [2.45, 2.75) is 13.3 Å². The zero-order valence-corrected chi connectivity index (χ0v) is 10.1. The highest BCUT2D eigenvalue weighted by Crippen LogP contribution is 2.22. The molecule has 0 unspecified atom stereocenters. The molecule has 80 valence electrons. The highest BCUT2D eigenvalue weighted by molar-refractivity contribution is 9.10. The monoisotopic (exact) mass is 270 g/mol. The molecule has 1 rings (SSSR count). The lowest BCUT2D eigenvalue weighted by molar-refractivity contribution is -0.139. The van der Waals surface area contributed by atoms with Crippen LogP contribution in [0.2, 0.25) is 0 Å². The molecule has 0 aromatic heterocycles. The van der Waals surface area contributed by atoms with Crippen LogP contribution in [0.1, 0.15) is 21.5 Å². The number of hydrogen-bond donors (Lipinski definition) is 0. The number of rotatable bonds is 3. The van der Waals surface area contributed by atoms with Crippen molar-refractivity contribution in [2.24, 2.45) is 0 Å². The van der Waals surface area contributed by atoms with Crippen molar-refractivity contribution < 1.29 is 14.3 Å². The van der Waals surface area contributed by atoms with E-state index < -0.39 is 0 Å². The van der Waals surface area contributed by atoms with Gasteiger partial charge in [0, 0.05) is 10.0 Å². The first-order valence-corrected chi connectivity index (χ1v) is 5.19. The molecule has 0 atom stereocenters. The minimum absolute atomic E-state index is 0.121. The lowest BCUT2D eigenvalue weighted by Gasteiger charge is -2.09. The fraction of sp³-hybridized carbons (Fsp3) is 0.273. The minimum atomic E-state index is -0.348. The molecule has 0 heterocycles. The molecule has 4 heteroatoms. The fourth-order valence-corrected chi connectivity index (χ4v) is 1.79. The van der Waals surface area contributed by atoms with Crippen molar-refractivity contribution in [3.05, 3.63) is 33.3 Å². The zero-order valence-electron chi connectivity index (χ0n) is 8.54. The second kappa shape index (κ2) is 5.07. The van der Waals surface area contributed by atoms with E-state index in [1.165, 1.54) is 7.11 Å². The maximum absolute atomic E-state index is 11.2. The second-order valence-electron chi connectivity index (χ2n) is 3.13. The average Bonchev–Trinajstić information content (AvgIpc) is 2.23. The molecule has 0 amide bonds. The number of halogens is 1. The third-order valence-electron chi connectivity index (χ3n) is 2.20. The fourth-order valence-electron chi connectivity index (χ4n) is 1.32. The Labute approximate surface area is 96.6 Å². The van der Waals surface area contributed by atoms with E-state index in [1.807, 2.05) is 13.0 Å². The van der Waals surface area contributed by atoms with Crippen LogP contribution in [0.5, 0.6) is 0 Å². The molecule has 0 fully saturated rings. The molecule has 0 aliphatic carbocycles. The molecule has 3 nitrogen and oxygen atoms in total. The number of aryl methyl sites for hydroxylation is 1. The van der Waals surface area contributed by atoms with Crippen molar-refractivity contribution in [2.75, 3.05) is 7.11 Å². The van der Waals surface area contributed by atoms with Gasteiger partial charge in [0.05, 0.1) is 13.5 Å². The first kappa shape index (κ1) is 11.9. The summed E-state index contributed by atoms with van der Waals surface area (Å²) in [6, 6.07) is 3.65. The Morgan fingerprint density at radius 3 is 2.73 bits per heavy atom. The average molecular weight is 271 g/mol. The molecule has 0 N–H and O–H groups in total.